The summed E-state index contributed by atoms with van der Waals surface area (Å²) in [6, 6.07) is 9.32. The van der Waals surface area contributed by atoms with Crippen molar-refractivity contribution in [2.45, 2.75) is 18.8 Å². The van der Waals surface area contributed by atoms with Crippen molar-refractivity contribution in [3.05, 3.63) is 52.2 Å². The summed E-state index contributed by atoms with van der Waals surface area (Å²) in [7, 11) is 0. The molecule has 7 heteroatoms. The zero-order chi connectivity index (χ0) is 14.6. The van der Waals surface area contributed by atoms with Crippen LogP contribution in [-0.4, -0.2) is 6.36 Å². The Bertz CT molecular complexity index is 543. The Morgan fingerprint density at radius 3 is 2.55 bits per heavy atom. The molecule has 2 rings (SSSR count). The number of para-hydroxylation sites is 1. The van der Waals surface area contributed by atoms with Gasteiger partial charge in [-0.05, 0) is 17.5 Å². The normalized spacial score (nSPS) is 13.2. The number of alkyl halides is 3. The van der Waals surface area contributed by atoms with E-state index in [1.165, 1.54) is 23.5 Å². The van der Waals surface area contributed by atoms with E-state index in [9.17, 15) is 13.2 Å². The lowest BCUT2D eigenvalue weighted by Crippen LogP contribution is -2.30. The van der Waals surface area contributed by atoms with Crippen molar-refractivity contribution in [1.29, 1.82) is 0 Å². The van der Waals surface area contributed by atoms with E-state index in [1.807, 2.05) is 17.5 Å². The number of ether oxygens (including phenoxy) is 1. The highest BCUT2D eigenvalue weighted by atomic mass is 32.1. The number of hydrogen-bond acceptors (Lipinski definition) is 4. The van der Waals surface area contributed by atoms with Gasteiger partial charge in [-0.25, -0.2) is 0 Å². The van der Waals surface area contributed by atoms with Crippen LogP contribution in [-0.2, 0) is 6.42 Å². The van der Waals surface area contributed by atoms with Crippen molar-refractivity contribution in [2.75, 3.05) is 0 Å². The van der Waals surface area contributed by atoms with Gasteiger partial charge >= 0.3 is 6.36 Å². The molecule has 2 aromatic rings. The van der Waals surface area contributed by atoms with Crippen LogP contribution in [0.15, 0.2) is 41.8 Å². The van der Waals surface area contributed by atoms with Gasteiger partial charge in [-0.3, -0.25) is 11.3 Å². The largest absolute Gasteiger partial charge is 0.573 e. The van der Waals surface area contributed by atoms with Crippen LogP contribution in [0.1, 0.15) is 16.5 Å². The van der Waals surface area contributed by atoms with Crippen molar-refractivity contribution in [1.82, 2.24) is 5.43 Å². The van der Waals surface area contributed by atoms with Crippen LogP contribution in [0, 0.1) is 0 Å². The second-order valence-electron chi connectivity index (χ2n) is 4.09. The van der Waals surface area contributed by atoms with Crippen molar-refractivity contribution in [3.63, 3.8) is 0 Å². The van der Waals surface area contributed by atoms with E-state index in [0.717, 1.165) is 4.88 Å². The van der Waals surface area contributed by atoms with Crippen molar-refractivity contribution >= 4 is 11.3 Å². The van der Waals surface area contributed by atoms with E-state index in [-0.39, 0.29) is 5.75 Å². The Morgan fingerprint density at radius 1 is 1.20 bits per heavy atom. The maximum absolute atomic E-state index is 12.4. The molecule has 0 aliphatic carbocycles. The van der Waals surface area contributed by atoms with Gasteiger partial charge in [0, 0.05) is 16.9 Å². The zero-order valence-electron chi connectivity index (χ0n) is 10.4. The zero-order valence-corrected chi connectivity index (χ0v) is 11.2. The van der Waals surface area contributed by atoms with Gasteiger partial charge in [0.05, 0.1) is 6.04 Å². The van der Waals surface area contributed by atoms with Crippen LogP contribution in [0.4, 0.5) is 13.2 Å². The molecular formula is C13H13F3N2OS. The topological polar surface area (TPSA) is 47.3 Å². The van der Waals surface area contributed by atoms with Crippen molar-refractivity contribution in [3.8, 4) is 5.75 Å². The number of hydrazine groups is 1. The van der Waals surface area contributed by atoms with Crippen LogP contribution >= 0.6 is 11.3 Å². The molecular weight excluding hydrogens is 289 g/mol. The summed E-state index contributed by atoms with van der Waals surface area (Å²) in [4.78, 5) is 1.02. The molecule has 1 atom stereocenters. The van der Waals surface area contributed by atoms with Crippen LogP contribution in [0.2, 0.25) is 0 Å². The van der Waals surface area contributed by atoms with Crippen LogP contribution in [0.25, 0.3) is 0 Å². The maximum atomic E-state index is 12.4. The van der Waals surface area contributed by atoms with Crippen molar-refractivity contribution < 1.29 is 17.9 Å². The standard InChI is InChI=1S/C13H13F3N2OS/c14-13(15,16)19-12-6-2-1-5-10(12)11(18-17)8-9-4-3-7-20-9/h1-7,11,18H,8,17H2. The summed E-state index contributed by atoms with van der Waals surface area (Å²) in [6.45, 7) is 0. The van der Waals surface area contributed by atoms with Gasteiger partial charge in [0.1, 0.15) is 5.75 Å². The molecule has 1 aromatic carbocycles. The molecule has 0 aliphatic rings. The van der Waals surface area contributed by atoms with Gasteiger partial charge in [0.2, 0.25) is 0 Å². The first-order chi connectivity index (χ1) is 9.49. The van der Waals surface area contributed by atoms with Gasteiger partial charge in [-0.15, -0.1) is 24.5 Å². The Labute approximate surface area is 118 Å². The molecule has 0 spiro atoms. The highest BCUT2D eigenvalue weighted by molar-refractivity contribution is 7.09. The molecule has 0 bridgehead atoms. The summed E-state index contributed by atoms with van der Waals surface area (Å²) in [5.41, 5.74) is 2.92. The average molecular weight is 302 g/mol. The summed E-state index contributed by atoms with van der Waals surface area (Å²) >= 11 is 1.52. The van der Waals surface area contributed by atoms with Crippen LogP contribution < -0.4 is 16.0 Å². The number of thiophene rings is 1. The molecule has 0 saturated heterocycles. The molecule has 20 heavy (non-hydrogen) atoms. The van der Waals surface area contributed by atoms with E-state index in [0.29, 0.717) is 12.0 Å². The number of nitrogens with one attached hydrogen (secondary N) is 1. The van der Waals surface area contributed by atoms with Crippen LogP contribution in [0.3, 0.4) is 0 Å². The Kier molecular flexibility index (Phi) is 4.64. The molecule has 1 heterocycles. The number of nitrogens with two attached hydrogens (primary N) is 1. The third-order valence-corrected chi connectivity index (χ3v) is 3.61. The minimum Gasteiger partial charge on any atom is -0.405 e. The number of benzene rings is 1. The molecule has 0 amide bonds. The molecule has 108 valence electrons. The van der Waals surface area contributed by atoms with E-state index in [4.69, 9.17) is 5.84 Å². The molecule has 1 unspecified atom stereocenters. The first kappa shape index (κ1) is 14.8. The lowest BCUT2D eigenvalue weighted by molar-refractivity contribution is -0.275. The van der Waals surface area contributed by atoms with E-state index < -0.39 is 12.4 Å². The smallest absolute Gasteiger partial charge is 0.405 e. The summed E-state index contributed by atoms with van der Waals surface area (Å²) in [5.74, 6) is 5.24. The van der Waals surface area contributed by atoms with Gasteiger partial charge in [-0.2, -0.15) is 0 Å². The Hall–Kier alpha value is -1.57. The van der Waals surface area contributed by atoms with Gasteiger partial charge in [0.25, 0.3) is 0 Å². The molecule has 0 fully saturated rings. The highest BCUT2D eigenvalue weighted by Gasteiger charge is 2.32. The minimum atomic E-state index is -4.72. The van der Waals surface area contributed by atoms with Gasteiger partial charge in [0.15, 0.2) is 0 Å². The quantitative estimate of drug-likeness (QED) is 0.657. The predicted molar refractivity (Wildman–Crippen MR) is 71.2 cm³/mol. The predicted octanol–water partition coefficient (Wildman–Crippen LogP) is 3.39. The van der Waals surface area contributed by atoms with Crippen LogP contribution in [0.5, 0.6) is 5.75 Å². The molecule has 0 radical (unpaired) electrons. The number of rotatable bonds is 5. The van der Waals surface area contributed by atoms with Crippen molar-refractivity contribution in [2.24, 2.45) is 5.84 Å². The second-order valence-corrected chi connectivity index (χ2v) is 5.12. The van der Waals surface area contributed by atoms with E-state index in [2.05, 4.69) is 10.2 Å². The molecule has 0 aliphatic heterocycles. The summed E-state index contributed by atoms with van der Waals surface area (Å²) in [5, 5.41) is 1.90. The van der Waals surface area contributed by atoms with E-state index >= 15 is 0 Å². The fourth-order valence-corrected chi connectivity index (χ4v) is 2.63. The van der Waals surface area contributed by atoms with Gasteiger partial charge < -0.3 is 4.74 Å². The second kappa shape index (κ2) is 6.25. The minimum absolute atomic E-state index is 0.237. The number of hydrogen-bond donors (Lipinski definition) is 2. The third kappa shape index (κ3) is 3.96. The number of halogens is 3. The molecule has 0 saturated carbocycles. The Morgan fingerprint density at radius 2 is 1.95 bits per heavy atom. The fraction of sp³-hybridized carbons (Fsp3) is 0.231. The average Bonchev–Trinajstić information content (AvgIpc) is 2.88. The highest BCUT2D eigenvalue weighted by Crippen LogP contribution is 2.32. The van der Waals surface area contributed by atoms with E-state index in [1.54, 1.807) is 12.1 Å². The summed E-state index contributed by atoms with van der Waals surface area (Å²) in [6.07, 6.45) is -4.23. The third-order valence-electron chi connectivity index (χ3n) is 2.71. The first-order valence-corrected chi connectivity index (χ1v) is 6.71. The van der Waals surface area contributed by atoms with Gasteiger partial charge in [-0.1, -0.05) is 24.3 Å². The molecule has 3 N–H and O–H groups in total. The lowest BCUT2D eigenvalue weighted by atomic mass is 10.0. The fourth-order valence-electron chi connectivity index (χ4n) is 1.87. The lowest BCUT2D eigenvalue weighted by Gasteiger charge is -2.20. The monoisotopic (exact) mass is 302 g/mol. The molecule has 3 nitrogen and oxygen atoms in total. The maximum Gasteiger partial charge on any atom is 0.573 e. The molecule has 1 aromatic heterocycles. The SMILES string of the molecule is NNC(Cc1cccs1)c1ccccc1OC(F)(F)F. The summed E-state index contributed by atoms with van der Waals surface area (Å²) < 4.78 is 41.2. The Balaban J connectivity index is 2.25. The first-order valence-electron chi connectivity index (χ1n) is 5.83.